The van der Waals surface area contributed by atoms with E-state index in [0.29, 0.717) is 5.56 Å². The van der Waals surface area contributed by atoms with Crippen LogP contribution in [0.4, 0.5) is 8.78 Å². The molecule has 0 spiro atoms. The fourth-order valence-electron chi connectivity index (χ4n) is 1.16. The number of benzene rings is 1. The molecule has 0 fully saturated rings. The molecule has 2 N–H and O–H groups in total. The van der Waals surface area contributed by atoms with Gasteiger partial charge < -0.3 is 5.73 Å². The molecule has 14 heavy (non-hydrogen) atoms. The van der Waals surface area contributed by atoms with Gasteiger partial charge in [0.1, 0.15) is 16.7 Å². The maximum absolute atomic E-state index is 13.5. The van der Waals surface area contributed by atoms with Crippen LogP contribution in [0, 0.1) is 11.6 Å². The average Bonchev–Trinajstić information content (AvgIpc) is 2.14. The topological polar surface area (TPSA) is 26.0 Å². The summed E-state index contributed by atoms with van der Waals surface area (Å²) < 4.78 is 26.4. The van der Waals surface area contributed by atoms with Gasteiger partial charge in [-0.15, -0.1) is 0 Å². The second-order valence-corrected chi connectivity index (χ2v) is 4.19. The van der Waals surface area contributed by atoms with Crippen molar-refractivity contribution >= 4 is 11.6 Å². The van der Waals surface area contributed by atoms with E-state index < -0.39 is 22.1 Å². The highest BCUT2D eigenvalue weighted by Crippen LogP contribution is 2.30. The van der Waals surface area contributed by atoms with Gasteiger partial charge in [0, 0.05) is 12.0 Å². The molecule has 1 nitrogen and oxygen atoms in total. The van der Waals surface area contributed by atoms with E-state index in [2.05, 4.69) is 0 Å². The maximum Gasteiger partial charge on any atom is 0.148 e. The van der Waals surface area contributed by atoms with Crippen molar-refractivity contribution in [1.29, 1.82) is 0 Å². The van der Waals surface area contributed by atoms with E-state index in [1.807, 2.05) is 0 Å². The van der Waals surface area contributed by atoms with Crippen LogP contribution in [0.25, 0.3) is 0 Å². The molecule has 0 aliphatic carbocycles. The lowest BCUT2D eigenvalue weighted by Gasteiger charge is -2.23. The monoisotopic (exact) mass is 219 g/mol. The van der Waals surface area contributed by atoms with Crippen molar-refractivity contribution in [3.05, 3.63) is 34.4 Å². The Kier molecular flexibility index (Phi) is 3.12. The van der Waals surface area contributed by atoms with Gasteiger partial charge in [0.2, 0.25) is 0 Å². The molecule has 0 aliphatic rings. The molecule has 0 bridgehead atoms. The molecule has 0 heterocycles. The van der Waals surface area contributed by atoms with Gasteiger partial charge in [0.25, 0.3) is 0 Å². The zero-order valence-electron chi connectivity index (χ0n) is 8.07. The third kappa shape index (κ3) is 1.88. The van der Waals surface area contributed by atoms with Crippen molar-refractivity contribution in [3.8, 4) is 0 Å². The molecule has 0 atom stereocenters. The van der Waals surface area contributed by atoms with Gasteiger partial charge in [-0.25, -0.2) is 8.78 Å². The number of nitrogens with two attached hydrogens (primary N) is 1. The summed E-state index contributed by atoms with van der Waals surface area (Å²) in [5.41, 5.74) is 5.29. The van der Waals surface area contributed by atoms with Gasteiger partial charge in [-0.1, -0.05) is 31.5 Å². The van der Waals surface area contributed by atoms with E-state index in [0.717, 1.165) is 6.07 Å². The van der Waals surface area contributed by atoms with Crippen molar-refractivity contribution in [2.24, 2.45) is 5.73 Å². The predicted octanol–water partition coefficient (Wildman–Crippen LogP) is 2.85. The minimum absolute atomic E-state index is 0.270. The highest BCUT2D eigenvalue weighted by Gasteiger charge is 2.24. The summed E-state index contributed by atoms with van der Waals surface area (Å²) in [7, 11) is 0. The smallest absolute Gasteiger partial charge is 0.148 e. The van der Waals surface area contributed by atoms with Gasteiger partial charge in [0.05, 0.1) is 0 Å². The molecule has 1 aromatic rings. The lowest BCUT2D eigenvalue weighted by atomic mass is 9.84. The fourth-order valence-corrected chi connectivity index (χ4v) is 1.32. The van der Waals surface area contributed by atoms with E-state index in [1.165, 1.54) is 6.07 Å². The van der Waals surface area contributed by atoms with Gasteiger partial charge >= 0.3 is 0 Å². The van der Waals surface area contributed by atoms with Gasteiger partial charge in [0.15, 0.2) is 0 Å². The Labute approximate surface area is 86.9 Å². The highest BCUT2D eigenvalue weighted by molar-refractivity contribution is 6.31. The summed E-state index contributed by atoms with van der Waals surface area (Å²) in [5.74, 6) is -1.47. The van der Waals surface area contributed by atoms with Crippen LogP contribution in [-0.2, 0) is 5.41 Å². The van der Waals surface area contributed by atoms with Crippen LogP contribution < -0.4 is 5.73 Å². The van der Waals surface area contributed by atoms with Crippen LogP contribution in [-0.4, -0.2) is 6.54 Å². The van der Waals surface area contributed by atoms with E-state index in [1.54, 1.807) is 13.8 Å². The van der Waals surface area contributed by atoms with E-state index in [-0.39, 0.29) is 6.54 Å². The summed E-state index contributed by atoms with van der Waals surface area (Å²) in [6.07, 6.45) is 0. The summed E-state index contributed by atoms with van der Waals surface area (Å²) in [5, 5.41) is -0.468. The van der Waals surface area contributed by atoms with Crippen LogP contribution in [0.5, 0.6) is 0 Å². The molecule has 1 rings (SSSR count). The maximum atomic E-state index is 13.5. The molecule has 0 unspecified atom stereocenters. The van der Waals surface area contributed by atoms with Crippen LogP contribution in [0.2, 0.25) is 5.02 Å². The molecule has 0 radical (unpaired) electrons. The zero-order valence-corrected chi connectivity index (χ0v) is 8.83. The van der Waals surface area contributed by atoms with Crippen LogP contribution >= 0.6 is 11.6 Å². The van der Waals surface area contributed by atoms with Crippen LogP contribution in [0.1, 0.15) is 19.4 Å². The largest absolute Gasteiger partial charge is 0.330 e. The second kappa shape index (κ2) is 3.83. The van der Waals surface area contributed by atoms with E-state index in [9.17, 15) is 8.78 Å². The summed E-state index contributed by atoms with van der Waals surface area (Å²) in [6, 6.07) is 2.53. The molecule has 0 aromatic heterocycles. The number of hydrogen-bond donors (Lipinski definition) is 1. The van der Waals surface area contributed by atoms with Gasteiger partial charge in [-0.2, -0.15) is 0 Å². The van der Waals surface area contributed by atoms with Crippen LogP contribution in [0.3, 0.4) is 0 Å². The Hall–Kier alpha value is -0.670. The predicted molar refractivity (Wildman–Crippen MR) is 53.4 cm³/mol. The molecule has 4 heteroatoms. The number of hydrogen-bond acceptors (Lipinski definition) is 1. The molecular weight excluding hydrogens is 208 g/mol. The first-order valence-electron chi connectivity index (χ1n) is 4.24. The summed E-state index contributed by atoms with van der Waals surface area (Å²) >= 11 is 5.46. The Morgan fingerprint density at radius 2 is 1.93 bits per heavy atom. The lowest BCUT2D eigenvalue weighted by Crippen LogP contribution is -2.29. The SMILES string of the molecule is CC(C)(CN)c1ccc(F)c(Cl)c1F. The fraction of sp³-hybridized carbons (Fsp3) is 0.400. The molecular formula is C10H12ClF2N. The van der Waals surface area contributed by atoms with Crippen molar-refractivity contribution in [2.75, 3.05) is 6.54 Å². The quantitative estimate of drug-likeness (QED) is 0.761. The van der Waals surface area contributed by atoms with Crippen molar-refractivity contribution in [2.45, 2.75) is 19.3 Å². The summed E-state index contributed by atoms with van der Waals surface area (Å²) in [6.45, 7) is 3.82. The summed E-state index contributed by atoms with van der Waals surface area (Å²) in [4.78, 5) is 0. The zero-order chi connectivity index (χ0) is 10.9. The molecule has 1 aromatic carbocycles. The minimum Gasteiger partial charge on any atom is -0.330 e. The van der Waals surface area contributed by atoms with Crippen LogP contribution in [0.15, 0.2) is 12.1 Å². The Balaban J connectivity index is 3.31. The van der Waals surface area contributed by atoms with Crippen molar-refractivity contribution in [1.82, 2.24) is 0 Å². The molecule has 0 amide bonds. The normalized spacial score (nSPS) is 11.9. The van der Waals surface area contributed by atoms with E-state index in [4.69, 9.17) is 17.3 Å². The van der Waals surface area contributed by atoms with Gasteiger partial charge in [-0.3, -0.25) is 0 Å². The number of rotatable bonds is 2. The highest BCUT2D eigenvalue weighted by atomic mass is 35.5. The Morgan fingerprint density at radius 3 is 2.43 bits per heavy atom. The molecule has 0 saturated heterocycles. The van der Waals surface area contributed by atoms with E-state index >= 15 is 0 Å². The molecule has 0 aliphatic heterocycles. The van der Waals surface area contributed by atoms with Gasteiger partial charge in [-0.05, 0) is 11.6 Å². The Morgan fingerprint density at radius 1 is 1.36 bits per heavy atom. The lowest BCUT2D eigenvalue weighted by molar-refractivity contribution is 0.486. The molecule has 0 saturated carbocycles. The van der Waals surface area contributed by atoms with Crippen molar-refractivity contribution < 1.29 is 8.78 Å². The number of halogens is 3. The standard InChI is InChI=1S/C10H12ClF2N/c1-10(2,5-14)6-3-4-7(12)8(11)9(6)13/h3-4H,5,14H2,1-2H3. The first-order valence-corrected chi connectivity index (χ1v) is 4.62. The first kappa shape index (κ1) is 11.4. The third-order valence-electron chi connectivity index (χ3n) is 2.27. The Bertz CT molecular complexity index is 350. The first-order chi connectivity index (χ1) is 6.40. The second-order valence-electron chi connectivity index (χ2n) is 3.81. The average molecular weight is 220 g/mol. The molecule has 78 valence electrons. The minimum atomic E-state index is -0.749. The third-order valence-corrected chi connectivity index (χ3v) is 2.62. The van der Waals surface area contributed by atoms with Crippen molar-refractivity contribution in [3.63, 3.8) is 0 Å².